The average molecular weight is 259 g/mol. The molecule has 1 aromatic carbocycles. The second-order valence-corrected chi connectivity index (χ2v) is 5.17. The van der Waals surface area contributed by atoms with Crippen LogP contribution in [0.5, 0.6) is 0 Å². The smallest absolute Gasteiger partial charge is 0.244 e. The average Bonchev–Trinajstić information content (AvgIpc) is 2.70. The molecule has 5 heteroatoms. The zero-order chi connectivity index (χ0) is 13.4. The number of anilines is 2. The summed E-state index contributed by atoms with van der Waals surface area (Å²) in [6, 6.07) is 5.75. The van der Waals surface area contributed by atoms with Crippen LogP contribution in [0.2, 0.25) is 0 Å². The number of nitrogens with zero attached hydrogens (tertiary/aromatic N) is 1. The highest BCUT2D eigenvalue weighted by molar-refractivity contribution is 5.94. The Labute approximate surface area is 112 Å². The lowest BCUT2D eigenvalue weighted by Gasteiger charge is -2.19. The van der Waals surface area contributed by atoms with Crippen LogP contribution in [0.15, 0.2) is 18.2 Å². The zero-order valence-corrected chi connectivity index (χ0v) is 10.9. The van der Waals surface area contributed by atoms with Crippen molar-refractivity contribution >= 4 is 23.2 Å². The van der Waals surface area contributed by atoms with E-state index >= 15 is 0 Å². The summed E-state index contributed by atoms with van der Waals surface area (Å²) in [5.74, 6) is 0.183. The fourth-order valence-corrected chi connectivity index (χ4v) is 2.62. The monoisotopic (exact) mass is 259 g/mol. The standard InChI is InChI=1S/C14H17N3O2/c1-17-7-6-11(14(17)19)15-10-4-2-9-3-5-13(18)16-12(9)8-10/h2,4,8,11,15H,3,5-7H2,1H3,(H,16,18)/t11-/m1/s1. The first-order chi connectivity index (χ1) is 9.13. The van der Waals surface area contributed by atoms with Crippen molar-refractivity contribution in [3.05, 3.63) is 23.8 Å². The lowest BCUT2D eigenvalue weighted by atomic mass is 10.0. The van der Waals surface area contributed by atoms with Crippen LogP contribution < -0.4 is 10.6 Å². The van der Waals surface area contributed by atoms with Crippen LogP contribution in [0, 0.1) is 0 Å². The number of benzene rings is 1. The minimum absolute atomic E-state index is 0.0568. The third-order valence-corrected chi connectivity index (χ3v) is 3.77. The first-order valence-corrected chi connectivity index (χ1v) is 6.58. The van der Waals surface area contributed by atoms with Gasteiger partial charge in [0.25, 0.3) is 0 Å². The van der Waals surface area contributed by atoms with Gasteiger partial charge in [-0.3, -0.25) is 9.59 Å². The van der Waals surface area contributed by atoms with Gasteiger partial charge < -0.3 is 15.5 Å². The van der Waals surface area contributed by atoms with Crippen LogP contribution in [-0.4, -0.2) is 36.3 Å². The molecular formula is C14H17N3O2. The number of aryl methyl sites for hydroxylation is 1. The molecule has 5 nitrogen and oxygen atoms in total. The number of amides is 2. The predicted molar refractivity (Wildman–Crippen MR) is 73.1 cm³/mol. The van der Waals surface area contributed by atoms with Crippen molar-refractivity contribution in [2.75, 3.05) is 24.2 Å². The van der Waals surface area contributed by atoms with E-state index in [1.165, 1.54) is 0 Å². The van der Waals surface area contributed by atoms with Gasteiger partial charge >= 0.3 is 0 Å². The molecule has 100 valence electrons. The van der Waals surface area contributed by atoms with Gasteiger partial charge in [0.2, 0.25) is 11.8 Å². The lowest BCUT2D eigenvalue weighted by Crippen LogP contribution is -2.31. The maximum Gasteiger partial charge on any atom is 0.244 e. The van der Waals surface area contributed by atoms with Gasteiger partial charge in [-0.25, -0.2) is 0 Å². The van der Waals surface area contributed by atoms with Gasteiger partial charge in [-0.2, -0.15) is 0 Å². The maximum absolute atomic E-state index is 11.8. The Morgan fingerprint density at radius 2 is 2.16 bits per heavy atom. The molecule has 0 saturated carbocycles. The minimum atomic E-state index is -0.151. The number of likely N-dealkylation sites (tertiary alicyclic amines) is 1. The number of fused-ring (bicyclic) bond motifs is 1. The first kappa shape index (κ1) is 12.0. The Balaban J connectivity index is 1.77. The topological polar surface area (TPSA) is 61.4 Å². The van der Waals surface area contributed by atoms with Gasteiger partial charge in [-0.15, -0.1) is 0 Å². The van der Waals surface area contributed by atoms with E-state index in [0.717, 1.165) is 36.3 Å². The van der Waals surface area contributed by atoms with E-state index in [0.29, 0.717) is 6.42 Å². The minimum Gasteiger partial charge on any atom is -0.374 e. The fraction of sp³-hybridized carbons (Fsp3) is 0.429. The van der Waals surface area contributed by atoms with E-state index in [9.17, 15) is 9.59 Å². The quantitative estimate of drug-likeness (QED) is 0.839. The third kappa shape index (κ3) is 2.28. The molecule has 0 radical (unpaired) electrons. The Bertz CT molecular complexity index is 541. The summed E-state index contributed by atoms with van der Waals surface area (Å²) in [5, 5.41) is 6.11. The number of carbonyl (C=O) groups excluding carboxylic acids is 2. The van der Waals surface area contributed by atoms with Crippen molar-refractivity contribution in [2.45, 2.75) is 25.3 Å². The molecule has 0 aromatic heterocycles. The molecule has 0 aliphatic carbocycles. The van der Waals surface area contributed by atoms with Gasteiger partial charge in [-0.1, -0.05) is 6.07 Å². The fourth-order valence-electron chi connectivity index (χ4n) is 2.62. The van der Waals surface area contributed by atoms with Gasteiger partial charge in [0, 0.05) is 31.4 Å². The molecule has 2 aliphatic rings. The molecule has 1 fully saturated rings. The van der Waals surface area contributed by atoms with Crippen LogP contribution in [-0.2, 0) is 16.0 Å². The second kappa shape index (κ2) is 4.57. The number of carbonyl (C=O) groups is 2. The molecule has 2 N–H and O–H groups in total. The second-order valence-electron chi connectivity index (χ2n) is 5.17. The van der Waals surface area contributed by atoms with Crippen molar-refractivity contribution in [1.82, 2.24) is 4.90 Å². The highest BCUT2D eigenvalue weighted by Gasteiger charge is 2.28. The van der Waals surface area contributed by atoms with Gasteiger partial charge in [0.15, 0.2) is 0 Å². The number of hydrogen-bond acceptors (Lipinski definition) is 3. The highest BCUT2D eigenvalue weighted by Crippen LogP contribution is 2.27. The molecule has 2 aliphatic heterocycles. The zero-order valence-electron chi connectivity index (χ0n) is 10.9. The van der Waals surface area contributed by atoms with E-state index in [1.807, 2.05) is 25.2 Å². The first-order valence-electron chi connectivity index (χ1n) is 6.58. The molecule has 2 heterocycles. The predicted octanol–water partition coefficient (Wildman–Crippen LogP) is 1.21. The molecule has 0 unspecified atom stereocenters. The largest absolute Gasteiger partial charge is 0.374 e. The number of rotatable bonds is 2. The van der Waals surface area contributed by atoms with Crippen LogP contribution in [0.25, 0.3) is 0 Å². The molecule has 1 atom stereocenters. The van der Waals surface area contributed by atoms with E-state index in [4.69, 9.17) is 0 Å². The molecular weight excluding hydrogens is 242 g/mol. The van der Waals surface area contributed by atoms with Crippen LogP contribution >= 0.6 is 0 Å². The molecule has 0 bridgehead atoms. The Morgan fingerprint density at radius 3 is 2.89 bits per heavy atom. The van der Waals surface area contributed by atoms with Crippen molar-refractivity contribution in [3.8, 4) is 0 Å². The van der Waals surface area contributed by atoms with E-state index in [2.05, 4.69) is 10.6 Å². The summed E-state index contributed by atoms with van der Waals surface area (Å²) in [6.07, 6.45) is 2.15. The number of likely N-dealkylation sites (N-methyl/N-ethyl adjacent to an activating group) is 1. The molecule has 2 amide bonds. The number of nitrogens with one attached hydrogen (secondary N) is 2. The molecule has 1 saturated heterocycles. The van der Waals surface area contributed by atoms with Crippen LogP contribution in [0.4, 0.5) is 11.4 Å². The summed E-state index contributed by atoms with van der Waals surface area (Å²) in [5.41, 5.74) is 2.90. The van der Waals surface area contributed by atoms with Gasteiger partial charge in [-0.05, 0) is 30.5 Å². The van der Waals surface area contributed by atoms with Crippen LogP contribution in [0.1, 0.15) is 18.4 Å². The normalized spacial score (nSPS) is 22.2. The van der Waals surface area contributed by atoms with Crippen molar-refractivity contribution in [3.63, 3.8) is 0 Å². The number of hydrogen-bond donors (Lipinski definition) is 2. The third-order valence-electron chi connectivity index (χ3n) is 3.77. The molecule has 3 rings (SSSR count). The molecule has 0 spiro atoms. The van der Waals surface area contributed by atoms with E-state index in [1.54, 1.807) is 4.90 Å². The maximum atomic E-state index is 11.8. The van der Waals surface area contributed by atoms with Crippen LogP contribution in [0.3, 0.4) is 0 Å². The van der Waals surface area contributed by atoms with Crippen molar-refractivity contribution < 1.29 is 9.59 Å². The summed E-state index contributed by atoms with van der Waals surface area (Å²) in [4.78, 5) is 25.0. The van der Waals surface area contributed by atoms with Gasteiger partial charge in [0.1, 0.15) is 6.04 Å². The SMILES string of the molecule is CN1CC[C@@H](Nc2ccc3c(c2)NC(=O)CC3)C1=O. The summed E-state index contributed by atoms with van der Waals surface area (Å²) in [6.45, 7) is 0.790. The van der Waals surface area contributed by atoms with E-state index in [-0.39, 0.29) is 17.9 Å². The highest BCUT2D eigenvalue weighted by atomic mass is 16.2. The summed E-state index contributed by atoms with van der Waals surface area (Å²) in [7, 11) is 1.82. The van der Waals surface area contributed by atoms with Crippen molar-refractivity contribution in [2.24, 2.45) is 0 Å². The summed E-state index contributed by atoms with van der Waals surface area (Å²) >= 11 is 0. The Morgan fingerprint density at radius 1 is 1.32 bits per heavy atom. The van der Waals surface area contributed by atoms with E-state index < -0.39 is 0 Å². The Kier molecular flexibility index (Phi) is 2.89. The molecule has 19 heavy (non-hydrogen) atoms. The Hall–Kier alpha value is -2.04. The lowest BCUT2D eigenvalue weighted by molar-refractivity contribution is -0.127. The van der Waals surface area contributed by atoms with Crippen molar-refractivity contribution in [1.29, 1.82) is 0 Å². The summed E-state index contributed by atoms with van der Waals surface area (Å²) < 4.78 is 0. The molecule has 1 aromatic rings. The van der Waals surface area contributed by atoms with Gasteiger partial charge in [0.05, 0.1) is 0 Å².